The van der Waals surface area contributed by atoms with E-state index in [9.17, 15) is 39.2 Å². The number of carbonyl (C=O) groups excluding carboxylic acids is 1. The van der Waals surface area contributed by atoms with Gasteiger partial charge in [-0.05, 0) is 6.42 Å². The number of phosphoric ester groups is 2. The first-order valence-electron chi connectivity index (χ1n) is 15.2. The Kier molecular flexibility index (Phi) is 20.8. The Labute approximate surface area is 258 Å². The maximum absolute atomic E-state index is 12.5. The number of aliphatic hydroxyl groups excluding tert-OH is 5. The van der Waals surface area contributed by atoms with Crippen LogP contribution in [0.5, 0.6) is 0 Å². The van der Waals surface area contributed by atoms with Gasteiger partial charge in [-0.15, -0.1) is 0 Å². The highest BCUT2D eigenvalue weighted by atomic mass is 31.2. The zero-order valence-electron chi connectivity index (χ0n) is 25.3. The normalized spacial score (nSPS) is 26.3. The second-order valence-electron chi connectivity index (χ2n) is 11.0. The number of aliphatic hydroxyl groups is 5. The molecular weight excluding hydrogens is 630 g/mol. The van der Waals surface area contributed by atoms with Gasteiger partial charge in [0.15, 0.2) is 0 Å². The molecule has 0 heterocycles. The van der Waals surface area contributed by atoms with Crippen molar-refractivity contribution in [2.75, 3.05) is 20.0 Å². The van der Waals surface area contributed by atoms with Crippen molar-refractivity contribution in [2.45, 2.75) is 140 Å². The SMILES string of the molecule is CCCCCCCCCCCCCCCC(=O)O[C@H](COCO)COP(=O)(O)OC1C(O)[C@H](O)[C@H](O)C(OP(=O)(O)O)[C@@H]1O. The number of esters is 1. The topological polar surface area (TPSA) is 259 Å². The van der Waals surface area contributed by atoms with Crippen LogP contribution in [0.1, 0.15) is 96.8 Å². The highest BCUT2D eigenvalue weighted by Crippen LogP contribution is 2.48. The van der Waals surface area contributed by atoms with Crippen LogP contribution in [0, 0.1) is 0 Å². The Morgan fingerprint density at radius 3 is 1.64 bits per heavy atom. The van der Waals surface area contributed by atoms with Crippen LogP contribution in [0.4, 0.5) is 0 Å². The molecule has 1 saturated carbocycles. The van der Waals surface area contributed by atoms with E-state index in [0.29, 0.717) is 6.42 Å². The van der Waals surface area contributed by atoms with E-state index in [-0.39, 0.29) is 6.42 Å². The quantitative estimate of drug-likeness (QED) is 0.0295. The molecule has 262 valence electrons. The van der Waals surface area contributed by atoms with E-state index in [4.69, 9.17) is 33.4 Å². The summed E-state index contributed by atoms with van der Waals surface area (Å²) in [7, 11) is -10.5. The van der Waals surface area contributed by atoms with Crippen LogP contribution in [0.15, 0.2) is 0 Å². The molecule has 16 nitrogen and oxygen atoms in total. The predicted molar refractivity (Wildman–Crippen MR) is 155 cm³/mol. The van der Waals surface area contributed by atoms with Gasteiger partial charge in [0.05, 0.1) is 13.2 Å². The van der Waals surface area contributed by atoms with Gasteiger partial charge in [-0.2, -0.15) is 0 Å². The van der Waals surface area contributed by atoms with E-state index in [1.54, 1.807) is 0 Å². The summed E-state index contributed by atoms with van der Waals surface area (Å²) in [6.45, 7) is 0.252. The molecule has 1 rings (SSSR count). The summed E-state index contributed by atoms with van der Waals surface area (Å²) < 4.78 is 47.5. The first-order chi connectivity index (χ1) is 20.7. The molecule has 0 amide bonds. The van der Waals surface area contributed by atoms with Gasteiger partial charge in [0, 0.05) is 6.42 Å². The van der Waals surface area contributed by atoms with Crippen molar-refractivity contribution in [3.05, 3.63) is 0 Å². The maximum atomic E-state index is 12.5. The zero-order valence-corrected chi connectivity index (χ0v) is 27.1. The molecule has 8 atom stereocenters. The van der Waals surface area contributed by atoms with Crippen LogP contribution < -0.4 is 0 Å². The van der Waals surface area contributed by atoms with E-state index in [2.05, 4.69) is 11.4 Å². The van der Waals surface area contributed by atoms with Gasteiger partial charge in [0.25, 0.3) is 0 Å². The Balaban J connectivity index is 2.47. The monoisotopic (exact) mass is 682 g/mol. The molecule has 0 aliphatic heterocycles. The number of unbranched alkanes of at least 4 members (excludes halogenated alkanes) is 12. The van der Waals surface area contributed by atoms with Crippen LogP contribution in [0.2, 0.25) is 0 Å². The van der Waals surface area contributed by atoms with Crippen LogP contribution in [0.25, 0.3) is 0 Å². The standard InChI is InChI=1S/C26H52O16P2/c1-2-3-4-5-6-7-8-9-10-11-12-13-14-15-20(28)40-19(16-38-18-27)17-39-44(36,37)42-26-23(31)21(29)22(30)25(24(26)32)41-43(33,34)35/h19,21-27,29-32H,2-18H2,1H3,(H,36,37)(H2,33,34,35)/t19-,21-,22+,23?,24+,25?,26?/m1/s1. The molecule has 1 aliphatic rings. The molecule has 18 heteroatoms. The van der Waals surface area contributed by atoms with Crippen molar-refractivity contribution < 1.29 is 77.2 Å². The third-order valence-corrected chi connectivity index (χ3v) is 8.66. The molecule has 1 fully saturated rings. The van der Waals surface area contributed by atoms with Gasteiger partial charge in [0.2, 0.25) is 0 Å². The lowest BCUT2D eigenvalue weighted by Crippen LogP contribution is -2.64. The van der Waals surface area contributed by atoms with Crippen molar-refractivity contribution in [1.82, 2.24) is 0 Å². The average molecular weight is 683 g/mol. The highest BCUT2D eigenvalue weighted by Gasteiger charge is 2.54. The summed E-state index contributed by atoms with van der Waals surface area (Å²) in [4.78, 5) is 40.4. The van der Waals surface area contributed by atoms with Crippen LogP contribution >= 0.6 is 15.6 Å². The third-order valence-electron chi connectivity index (χ3n) is 7.16. The number of hydrogen-bond acceptors (Lipinski definition) is 13. The number of hydrogen-bond donors (Lipinski definition) is 8. The summed E-state index contributed by atoms with van der Waals surface area (Å²) in [5, 5.41) is 49.3. The molecule has 0 saturated heterocycles. The summed E-state index contributed by atoms with van der Waals surface area (Å²) in [6.07, 6.45) is 0.249. The Morgan fingerprint density at radius 2 is 1.16 bits per heavy atom. The predicted octanol–water partition coefficient (Wildman–Crippen LogP) is 1.78. The smallest absolute Gasteiger partial charge is 0.457 e. The minimum Gasteiger partial charge on any atom is -0.457 e. The van der Waals surface area contributed by atoms with Crippen molar-refractivity contribution >= 4 is 21.6 Å². The minimum absolute atomic E-state index is 0.0717. The molecule has 0 radical (unpaired) electrons. The van der Waals surface area contributed by atoms with E-state index in [0.717, 1.165) is 25.7 Å². The van der Waals surface area contributed by atoms with Crippen LogP contribution in [-0.4, -0.2) is 109 Å². The fraction of sp³-hybridized carbons (Fsp3) is 0.962. The second kappa shape index (κ2) is 22.1. The van der Waals surface area contributed by atoms with Crippen molar-refractivity contribution in [3.63, 3.8) is 0 Å². The lowest BCUT2D eigenvalue weighted by molar-refractivity contribution is -0.216. The van der Waals surface area contributed by atoms with Crippen LogP contribution in [-0.2, 0) is 37.0 Å². The minimum atomic E-state index is -5.32. The van der Waals surface area contributed by atoms with Gasteiger partial charge in [-0.1, -0.05) is 84.0 Å². The first-order valence-corrected chi connectivity index (χ1v) is 18.2. The lowest BCUT2D eigenvalue weighted by Gasteiger charge is -2.43. The number of rotatable bonds is 25. The highest BCUT2D eigenvalue weighted by molar-refractivity contribution is 7.47. The molecule has 1 aliphatic carbocycles. The number of carbonyl (C=O) groups is 1. The van der Waals surface area contributed by atoms with Gasteiger partial charge < -0.3 is 49.7 Å². The molecule has 0 aromatic rings. The van der Waals surface area contributed by atoms with Gasteiger partial charge >= 0.3 is 21.6 Å². The van der Waals surface area contributed by atoms with Crippen molar-refractivity contribution in [2.24, 2.45) is 0 Å². The van der Waals surface area contributed by atoms with E-state index in [1.165, 1.54) is 51.4 Å². The molecule has 44 heavy (non-hydrogen) atoms. The second-order valence-corrected chi connectivity index (χ2v) is 13.6. The summed E-state index contributed by atoms with van der Waals surface area (Å²) in [5.41, 5.74) is 0. The third kappa shape index (κ3) is 17.4. The summed E-state index contributed by atoms with van der Waals surface area (Å²) in [5.74, 6) is -0.635. The molecule has 0 aromatic heterocycles. The van der Waals surface area contributed by atoms with Gasteiger partial charge in [0.1, 0.15) is 49.5 Å². The molecular formula is C26H52O16P2. The van der Waals surface area contributed by atoms with Gasteiger partial charge in [-0.25, -0.2) is 9.13 Å². The summed E-state index contributed by atoms with van der Waals surface area (Å²) in [6, 6.07) is 0. The maximum Gasteiger partial charge on any atom is 0.472 e. The van der Waals surface area contributed by atoms with E-state index < -0.39 is 84.3 Å². The largest absolute Gasteiger partial charge is 0.472 e. The average Bonchev–Trinajstić information content (AvgIpc) is 2.95. The van der Waals surface area contributed by atoms with Crippen LogP contribution in [0.3, 0.4) is 0 Å². The Hall–Kier alpha value is -0.550. The molecule has 0 bridgehead atoms. The Morgan fingerprint density at radius 1 is 0.682 bits per heavy atom. The fourth-order valence-corrected chi connectivity index (χ4v) is 6.32. The van der Waals surface area contributed by atoms with Crippen molar-refractivity contribution in [1.29, 1.82) is 0 Å². The molecule has 0 spiro atoms. The van der Waals surface area contributed by atoms with E-state index >= 15 is 0 Å². The number of phosphoric acid groups is 2. The first kappa shape index (κ1) is 41.5. The number of ether oxygens (including phenoxy) is 2. The lowest BCUT2D eigenvalue weighted by atomic mass is 9.85. The van der Waals surface area contributed by atoms with Gasteiger partial charge in [-0.3, -0.25) is 18.4 Å². The zero-order chi connectivity index (χ0) is 33.2. The molecule has 8 N–H and O–H groups in total. The molecule has 0 aromatic carbocycles. The van der Waals surface area contributed by atoms with E-state index in [1.807, 2.05) is 0 Å². The molecule has 4 unspecified atom stereocenters. The fourth-order valence-electron chi connectivity index (χ4n) is 4.78. The van der Waals surface area contributed by atoms with Crippen molar-refractivity contribution in [3.8, 4) is 0 Å². The summed E-state index contributed by atoms with van der Waals surface area (Å²) >= 11 is 0. The Bertz CT molecular complexity index is 873.